The predicted molar refractivity (Wildman–Crippen MR) is 368 cm³/mol. The van der Waals surface area contributed by atoms with Crippen molar-refractivity contribution >= 4 is 76.5 Å². The molecule has 88 heavy (non-hydrogen) atoms. The number of ether oxygens (including phenoxy) is 1. The van der Waals surface area contributed by atoms with E-state index in [-0.39, 0.29) is 42.7 Å². The van der Waals surface area contributed by atoms with Crippen LogP contribution < -0.4 is 9.64 Å². The SMILES string of the molecule is CC(C)(C)c1cc(-c2cc(C(C)(C)C)cc(C(C)(C)C)c2)cc(-c2cccc3c4ccccc4c4ccccc4c4cccc5c4n(c23)[CH-]N5c2[c-]c(Oc3[c-]c4c(cc3)c3cc(-c5ccccc5)ccc3n4-c3cc(C(C)(C)C)ccn3)ccc2)c1.[Pt]. The largest absolute Gasteiger partial charge is 0.509 e. The van der Waals surface area contributed by atoms with Gasteiger partial charge in [-0.2, -0.15) is 12.1 Å². The number of hydrogen-bond donors (Lipinski definition) is 0. The molecule has 3 aromatic heterocycles. The fourth-order valence-electron chi connectivity index (χ4n) is 12.8. The molecule has 0 aliphatic carbocycles. The zero-order chi connectivity index (χ0) is 60.3. The van der Waals surface area contributed by atoms with Crippen molar-refractivity contribution in [3.8, 4) is 50.7 Å². The van der Waals surface area contributed by atoms with E-state index in [1.54, 1.807) is 0 Å². The van der Waals surface area contributed by atoms with Crippen molar-refractivity contribution in [1.29, 1.82) is 0 Å². The standard InChI is InChI=1S/C82H73N4O.Pt/c1-79(2,3)57-39-40-83-76(48-57)86-73-38-35-53(52-23-14-13-15-24-52)46-72(73)69-37-36-63(50-75(69)86)87-62-26-20-25-61(49-62)84-51-85-77-64(56-41-54(42-58(45-56)80(4,5)6)55-43-59(81(7,8)9)47-60(44-55)82(10,11)12)31-21-32-70(77)67-29-18-16-27-65(67)66-28-17-19-30-68(66)71-33-22-34-74(84)78(71)85;/h13-48,51H,1-12H3;/q-3;. The van der Waals surface area contributed by atoms with Crippen LogP contribution in [0, 0.1) is 18.8 Å². The molecule has 440 valence electrons. The Labute approximate surface area is 532 Å². The fraction of sp³-hybridized carbons (Fsp3) is 0.195. The molecule has 0 radical (unpaired) electrons. The molecule has 0 saturated heterocycles. The summed E-state index contributed by atoms with van der Waals surface area (Å²) in [6, 6.07) is 85.6. The number of fused-ring (bicyclic) bond motifs is 10. The minimum atomic E-state index is -0.142. The number of anilines is 2. The number of hydrogen-bond acceptors (Lipinski definition) is 3. The van der Waals surface area contributed by atoms with E-state index in [0.717, 1.165) is 77.5 Å². The summed E-state index contributed by atoms with van der Waals surface area (Å²) < 4.78 is 11.6. The van der Waals surface area contributed by atoms with E-state index in [0.29, 0.717) is 11.5 Å². The number of aromatic nitrogens is 3. The van der Waals surface area contributed by atoms with E-state index >= 15 is 0 Å². The topological polar surface area (TPSA) is 35.2 Å². The maximum absolute atomic E-state index is 6.94. The van der Waals surface area contributed by atoms with E-state index in [4.69, 9.17) is 9.72 Å². The summed E-state index contributed by atoms with van der Waals surface area (Å²) in [5.41, 5.74) is 18.0. The number of nitrogens with zero attached hydrogens (tertiary/aromatic N) is 4. The van der Waals surface area contributed by atoms with Gasteiger partial charge in [0.05, 0.1) is 0 Å². The number of rotatable bonds is 7. The van der Waals surface area contributed by atoms with E-state index in [9.17, 15) is 0 Å². The number of pyridine rings is 1. The first-order valence-electron chi connectivity index (χ1n) is 30.6. The van der Waals surface area contributed by atoms with Crippen LogP contribution in [0.3, 0.4) is 0 Å². The van der Waals surface area contributed by atoms with Crippen LogP contribution in [-0.2, 0) is 42.7 Å². The first-order chi connectivity index (χ1) is 41.6. The summed E-state index contributed by atoms with van der Waals surface area (Å²) in [5, 5.41) is 9.20. The summed E-state index contributed by atoms with van der Waals surface area (Å²) in [6.45, 7) is 30.0. The van der Waals surface area contributed by atoms with Gasteiger partial charge in [0.1, 0.15) is 5.82 Å². The monoisotopic (exact) mass is 1320 g/mol. The molecule has 13 aromatic rings. The molecule has 0 amide bonds. The average molecular weight is 1330 g/mol. The quantitative estimate of drug-likeness (QED) is 0.149. The molecule has 10 aromatic carbocycles. The van der Waals surface area contributed by atoms with Crippen LogP contribution in [0.1, 0.15) is 105 Å². The van der Waals surface area contributed by atoms with Gasteiger partial charge in [0.2, 0.25) is 0 Å². The smallest absolute Gasteiger partial charge is 0.135 e. The Kier molecular flexibility index (Phi) is 14.4. The summed E-state index contributed by atoms with van der Waals surface area (Å²) in [7, 11) is 0. The van der Waals surface area contributed by atoms with Crippen molar-refractivity contribution in [2.75, 3.05) is 4.90 Å². The second-order valence-corrected chi connectivity index (χ2v) is 27.8. The summed E-state index contributed by atoms with van der Waals surface area (Å²) in [5.74, 6) is 1.99. The summed E-state index contributed by atoms with van der Waals surface area (Å²) >= 11 is 0. The molecule has 0 bridgehead atoms. The molecule has 1 aliphatic rings. The van der Waals surface area contributed by atoms with Crippen LogP contribution in [0.25, 0.3) is 104 Å². The van der Waals surface area contributed by atoms with Gasteiger partial charge in [0, 0.05) is 50.0 Å². The zero-order valence-electron chi connectivity index (χ0n) is 52.4. The van der Waals surface area contributed by atoms with Gasteiger partial charge in [0.25, 0.3) is 0 Å². The van der Waals surface area contributed by atoms with Gasteiger partial charge < -0.3 is 18.8 Å². The third kappa shape index (κ3) is 10.4. The first kappa shape index (κ1) is 58.1. The average Bonchev–Trinajstić information content (AvgIpc) is 1.71. The van der Waals surface area contributed by atoms with Crippen LogP contribution in [-0.4, -0.2) is 14.1 Å². The zero-order valence-corrected chi connectivity index (χ0v) is 54.6. The Morgan fingerprint density at radius 3 is 1.58 bits per heavy atom. The van der Waals surface area contributed by atoms with Gasteiger partial charge in [-0.1, -0.05) is 246 Å². The van der Waals surface area contributed by atoms with Crippen molar-refractivity contribution in [1.82, 2.24) is 14.1 Å². The Morgan fingerprint density at radius 1 is 0.386 bits per heavy atom. The molecule has 5 nitrogen and oxygen atoms in total. The van der Waals surface area contributed by atoms with Gasteiger partial charge in [-0.05, 0) is 163 Å². The normalized spacial score (nSPS) is 12.8. The molecule has 1 aliphatic heterocycles. The molecule has 0 atom stereocenters. The summed E-state index contributed by atoms with van der Waals surface area (Å²) in [6.07, 6.45) is 1.92. The van der Waals surface area contributed by atoms with E-state index in [1.807, 2.05) is 18.3 Å². The van der Waals surface area contributed by atoms with Gasteiger partial charge in [-0.15, -0.1) is 35.7 Å². The van der Waals surface area contributed by atoms with E-state index in [2.05, 4.69) is 316 Å². The second kappa shape index (κ2) is 21.8. The van der Waals surface area contributed by atoms with Gasteiger partial charge >= 0.3 is 0 Å². The van der Waals surface area contributed by atoms with Crippen molar-refractivity contribution < 1.29 is 25.8 Å². The molecule has 0 saturated carbocycles. The Hall–Kier alpha value is -8.89. The number of para-hydroxylation sites is 2. The third-order valence-corrected chi connectivity index (χ3v) is 17.7. The third-order valence-electron chi connectivity index (χ3n) is 17.7. The minimum absolute atomic E-state index is 0. The molecule has 0 N–H and O–H groups in total. The van der Waals surface area contributed by atoms with Crippen LogP contribution >= 0.6 is 0 Å². The molecule has 0 spiro atoms. The molecule has 0 unspecified atom stereocenters. The minimum Gasteiger partial charge on any atom is -0.509 e. The maximum Gasteiger partial charge on any atom is 0.135 e. The Morgan fingerprint density at radius 2 is 0.932 bits per heavy atom. The van der Waals surface area contributed by atoms with Crippen LogP contribution in [0.2, 0.25) is 0 Å². The van der Waals surface area contributed by atoms with Crippen LogP contribution in [0.15, 0.2) is 219 Å². The first-order valence-corrected chi connectivity index (χ1v) is 30.6. The Balaban J connectivity index is 0.00000714. The molecular weight excluding hydrogens is 1250 g/mol. The summed E-state index contributed by atoms with van der Waals surface area (Å²) in [4.78, 5) is 7.28. The maximum atomic E-state index is 6.94. The molecule has 6 heteroatoms. The predicted octanol–water partition coefficient (Wildman–Crippen LogP) is 22.4. The van der Waals surface area contributed by atoms with Crippen molar-refractivity contribution in [3.63, 3.8) is 0 Å². The van der Waals surface area contributed by atoms with Crippen molar-refractivity contribution in [2.45, 2.75) is 105 Å². The molecule has 4 heterocycles. The van der Waals surface area contributed by atoms with Crippen molar-refractivity contribution in [2.24, 2.45) is 0 Å². The molecule has 0 fully saturated rings. The Bertz CT molecular complexity index is 4950. The molecular formula is C82H73N4OPt-3. The van der Waals surface area contributed by atoms with Gasteiger partial charge in [0.15, 0.2) is 0 Å². The van der Waals surface area contributed by atoms with Crippen LogP contribution in [0.4, 0.5) is 11.4 Å². The number of benzene rings is 10. The van der Waals surface area contributed by atoms with Crippen LogP contribution in [0.5, 0.6) is 11.5 Å². The van der Waals surface area contributed by atoms with Gasteiger partial charge in [-0.3, -0.25) is 0 Å². The fourth-order valence-corrected chi connectivity index (χ4v) is 12.8. The molecule has 14 rings (SSSR count). The van der Waals surface area contributed by atoms with E-state index < -0.39 is 0 Å². The van der Waals surface area contributed by atoms with E-state index in [1.165, 1.54) is 60.5 Å². The van der Waals surface area contributed by atoms with Crippen molar-refractivity contribution in [3.05, 3.63) is 260 Å². The second-order valence-electron chi connectivity index (χ2n) is 27.8. The van der Waals surface area contributed by atoms with Gasteiger partial charge in [-0.25, -0.2) is 4.98 Å².